The highest BCUT2D eigenvalue weighted by atomic mass is 16.5. The molecule has 24 heavy (non-hydrogen) atoms. The van der Waals surface area contributed by atoms with E-state index >= 15 is 0 Å². The lowest BCUT2D eigenvalue weighted by atomic mass is 10.0. The van der Waals surface area contributed by atoms with Crippen molar-refractivity contribution in [1.82, 2.24) is 0 Å². The van der Waals surface area contributed by atoms with Crippen molar-refractivity contribution in [2.45, 2.75) is 12.5 Å². The Labute approximate surface area is 140 Å². The molecular weight excluding hydrogens is 312 g/mol. The molecule has 1 unspecified atom stereocenters. The Morgan fingerprint density at radius 2 is 1.71 bits per heavy atom. The maximum absolute atomic E-state index is 12.4. The fraction of sp³-hybridized carbons (Fsp3) is 0.278. The average Bonchev–Trinajstić information content (AvgIpc) is 2.61. The zero-order valence-electron chi connectivity index (χ0n) is 13.6. The van der Waals surface area contributed by atoms with Crippen LogP contribution in [-0.4, -0.2) is 42.9 Å². The molecule has 0 aliphatic carbocycles. The molecule has 0 saturated heterocycles. The predicted molar refractivity (Wildman–Crippen MR) is 88.1 cm³/mol. The van der Waals surface area contributed by atoms with Gasteiger partial charge in [-0.15, -0.1) is 0 Å². The summed E-state index contributed by atoms with van der Waals surface area (Å²) in [5, 5.41) is 19.1. The number of benzene rings is 2. The monoisotopic (exact) mass is 332 g/mol. The molecule has 2 aromatic carbocycles. The fourth-order valence-corrected chi connectivity index (χ4v) is 2.21. The Bertz CT molecular complexity index is 698. The van der Waals surface area contributed by atoms with E-state index in [4.69, 9.17) is 14.2 Å². The third-order valence-electron chi connectivity index (χ3n) is 3.48. The molecule has 0 aliphatic heterocycles. The van der Waals surface area contributed by atoms with Crippen molar-refractivity contribution in [3.63, 3.8) is 0 Å². The topological polar surface area (TPSA) is 85.2 Å². The Hall–Kier alpha value is -2.73. The Morgan fingerprint density at radius 1 is 1.04 bits per heavy atom. The van der Waals surface area contributed by atoms with Gasteiger partial charge in [0.05, 0.1) is 27.2 Å². The second-order valence-electron chi connectivity index (χ2n) is 5.09. The van der Waals surface area contributed by atoms with Crippen molar-refractivity contribution in [3.05, 3.63) is 48.0 Å². The fourth-order valence-electron chi connectivity index (χ4n) is 2.21. The van der Waals surface area contributed by atoms with Crippen molar-refractivity contribution < 1.29 is 29.2 Å². The van der Waals surface area contributed by atoms with E-state index in [1.807, 2.05) is 0 Å². The smallest absolute Gasteiger partial charge is 0.166 e. The summed E-state index contributed by atoms with van der Waals surface area (Å²) in [5.41, 5.74) is 0.367. The number of aliphatic hydroxyl groups excluding tert-OH is 1. The molecule has 0 bridgehead atoms. The first kappa shape index (κ1) is 17.6. The first-order valence-corrected chi connectivity index (χ1v) is 7.39. The van der Waals surface area contributed by atoms with Gasteiger partial charge in [-0.05, 0) is 30.3 Å². The number of aromatic hydroxyl groups is 1. The molecule has 2 rings (SSSR count). The largest absolute Gasteiger partial charge is 0.504 e. The summed E-state index contributed by atoms with van der Waals surface area (Å²) in [6, 6.07) is 11.4. The van der Waals surface area contributed by atoms with Crippen LogP contribution in [0.3, 0.4) is 0 Å². The van der Waals surface area contributed by atoms with E-state index in [1.54, 1.807) is 24.3 Å². The molecule has 0 saturated carbocycles. The van der Waals surface area contributed by atoms with Crippen LogP contribution in [0.1, 0.15) is 16.8 Å². The van der Waals surface area contributed by atoms with E-state index < -0.39 is 6.10 Å². The van der Waals surface area contributed by atoms with Gasteiger partial charge in [0.15, 0.2) is 28.8 Å². The van der Waals surface area contributed by atoms with Crippen LogP contribution in [0.4, 0.5) is 0 Å². The number of phenolic OH excluding ortho intramolecular Hbond substituents is 1. The van der Waals surface area contributed by atoms with E-state index in [0.717, 1.165) is 0 Å². The number of hydrogen-bond donors (Lipinski definition) is 2. The van der Waals surface area contributed by atoms with E-state index in [9.17, 15) is 15.0 Å². The second-order valence-corrected chi connectivity index (χ2v) is 5.09. The van der Waals surface area contributed by atoms with Crippen LogP contribution in [0, 0.1) is 0 Å². The molecule has 0 aliphatic rings. The van der Waals surface area contributed by atoms with Gasteiger partial charge in [0.1, 0.15) is 6.10 Å². The summed E-state index contributed by atoms with van der Waals surface area (Å²) >= 11 is 0. The summed E-state index contributed by atoms with van der Waals surface area (Å²) < 4.78 is 15.9. The normalized spacial score (nSPS) is 11.6. The molecule has 128 valence electrons. The minimum Gasteiger partial charge on any atom is -0.504 e. The van der Waals surface area contributed by atoms with Gasteiger partial charge in [0, 0.05) is 5.56 Å². The number of methoxy groups -OCH3 is 2. The average molecular weight is 332 g/mol. The number of aliphatic hydroxyl groups is 1. The van der Waals surface area contributed by atoms with Gasteiger partial charge < -0.3 is 24.4 Å². The van der Waals surface area contributed by atoms with Crippen LogP contribution < -0.4 is 14.2 Å². The number of ketones is 1. The molecular formula is C18H20O6. The van der Waals surface area contributed by atoms with Crippen LogP contribution in [0.25, 0.3) is 0 Å². The molecule has 1 atom stereocenters. The van der Waals surface area contributed by atoms with Gasteiger partial charge in [0.2, 0.25) is 0 Å². The molecule has 0 heterocycles. The Kier molecular flexibility index (Phi) is 6.03. The molecule has 6 heteroatoms. The molecule has 2 N–H and O–H groups in total. The minimum atomic E-state index is -0.714. The second kappa shape index (κ2) is 8.21. The number of hydrogen-bond acceptors (Lipinski definition) is 6. The van der Waals surface area contributed by atoms with E-state index in [0.29, 0.717) is 17.1 Å². The van der Waals surface area contributed by atoms with Crippen LogP contribution in [0.2, 0.25) is 0 Å². The predicted octanol–water partition coefficient (Wildman–Crippen LogP) is 2.42. The third-order valence-corrected chi connectivity index (χ3v) is 3.48. The summed E-state index contributed by atoms with van der Waals surface area (Å²) in [5.74, 6) is 0.914. The number of carbonyl (C=O) groups excluding carboxylic acids is 1. The number of ether oxygens (including phenoxy) is 3. The van der Waals surface area contributed by atoms with Gasteiger partial charge in [0.25, 0.3) is 0 Å². The van der Waals surface area contributed by atoms with Crippen LogP contribution in [0.5, 0.6) is 23.0 Å². The number of phenols is 1. The van der Waals surface area contributed by atoms with Crippen molar-refractivity contribution in [2.75, 3.05) is 20.8 Å². The Balaban J connectivity index is 2.11. The quantitative estimate of drug-likeness (QED) is 0.722. The molecule has 2 aromatic rings. The molecule has 0 radical (unpaired) electrons. The van der Waals surface area contributed by atoms with Crippen molar-refractivity contribution in [1.29, 1.82) is 0 Å². The number of Topliss-reactive ketones (excluding diaryl/α,β-unsaturated/α-hetero) is 1. The lowest BCUT2D eigenvalue weighted by Gasteiger charge is -2.18. The SMILES string of the molecule is COc1cc(C(=O)CC(CO)Oc2ccccc2OC)ccc1O. The molecule has 0 spiro atoms. The van der Waals surface area contributed by atoms with Crippen LogP contribution in [0.15, 0.2) is 42.5 Å². The molecule has 0 fully saturated rings. The lowest BCUT2D eigenvalue weighted by molar-refractivity contribution is 0.0778. The molecule has 0 aromatic heterocycles. The lowest BCUT2D eigenvalue weighted by Crippen LogP contribution is -2.25. The van der Waals surface area contributed by atoms with E-state index in [1.165, 1.54) is 32.4 Å². The Morgan fingerprint density at radius 3 is 2.33 bits per heavy atom. The van der Waals surface area contributed by atoms with Gasteiger partial charge in [-0.2, -0.15) is 0 Å². The first-order valence-electron chi connectivity index (χ1n) is 7.39. The summed E-state index contributed by atoms with van der Waals surface area (Å²) in [6.45, 7) is -0.320. The highest BCUT2D eigenvalue weighted by Crippen LogP contribution is 2.29. The zero-order chi connectivity index (χ0) is 17.5. The van der Waals surface area contributed by atoms with Gasteiger partial charge >= 0.3 is 0 Å². The van der Waals surface area contributed by atoms with Crippen molar-refractivity contribution >= 4 is 5.78 Å². The summed E-state index contributed by atoms with van der Waals surface area (Å²) in [7, 11) is 2.93. The summed E-state index contributed by atoms with van der Waals surface area (Å²) in [4.78, 5) is 12.4. The molecule has 0 amide bonds. The van der Waals surface area contributed by atoms with E-state index in [-0.39, 0.29) is 30.3 Å². The van der Waals surface area contributed by atoms with Gasteiger partial charge in [-0.25, -0.2) is 0 Å². The standard InChI is InChI=1S/C18H20O6/c1-22-16-5-3-4-6-17(16)24-13(11-19)10-15(21)12-7-8-14(20)18(9-12)23-2/h3-9,13,19-20H,10-11H2,1-2H3. The van der Waals surface area contributed by atoms with Crippen LogP contribution >= 0.6 is 0 Å². The first-order chi connectivity index (χ1) is 11.6. The minimum absolute atomic E-state index is 0.0253. The van der Waals surface area contributed by atoms with Gasteiger partial charge in [-0.3, -0.25) is 4.79 Å². The van der Waals surface area contributed by atoms with Crippen molar-refractivity contribution in [2.24, 2.45) is 0 Å². The maximum Gasteiger partial charge on any atom is 0.166 e. The number of carbonyl (C=O) groups is 1. The maximum atomic E-state index is 12.4. The third kappa shape index (κ3) is 4.17. The number of para-hydroxylation sites is 2. The van der Waals surface area contributed by atoms with Crippen LogP contribution in [-0.2, 0) is 0 Å². The highest BCUT2D eigenvalue weighted by Gasteiger charge is 2.19. The summed E-state index contributed by atoms with van der Waals surface area (Å²) in [6.07, 6.45) is -0.740. The number of rotatable bonds is 8. The van der Waals surface area contributed by atoms with E-state index in [2.05, 4.69) is 0 Å². The van der Waals surface area contributed by atoms with Crippen molar-refractivity contribution in [3.8, 4) is 23.0 Å². The highest BCUT2D eigenvalue weighted by molar-refractivity contribution is 5.97. The zero-order valence-corrected chi connectivity index (χ0v) is 13.6. The van der Waals surface area contributed by atoms with Gasteiger partial charge in [-0.1, -0.05) is 12.1 Å². The molecule has 6 nitrogen and oxygen atoms in total.